The Balaban J connectivity index is 1.34. The maximum absolute atomic E-state index is 13.0. The Morgan fingerprint density at radius 2 is 1.74 bits per heavy atom. The lowest BCUT2D eigenvalue weighted by Gasteiger charge is -2.34. The van der Waals surface area contributed by atoms with Gasteiger partial charge in [-0.25, -0.2) is 8.42 Å². The molecule has 5 rings (SSSR count). The first-order valence-corrected chi connectivity index (χ1v) is 11.6. The van der Waals surface area contributed by atoms with E-state index in [1.807, 2.05) is 37.3 Å². The first kappa shape index (κ1) is 19.7. The molecule has 1 aromatic carbocycles. The van der Waals surface area contributed by atoms with Gasteiger partial charge in [-0.3, -0.25) is 0 Å². The first-order chi connectivity index (χ1) is 15.1. The molecule has 9 nitrogen and oxygen atoms in total. The lowest BCUT2D eigenvalue weighted by atomic mass is 10.2. The van der Waals surface area contributed by atoms with Crippen LogP contribution >= 0.6 is 0 Å². The van der Waals surface area contributed by atoms with Gasteiger partial charge >= 0.3 is 0 Å². The summed E-state index contributed by atoms with van der Waals surface area (Å²) in [6, 6.07) is 14.5. The van der Waals surface area contributed by atoms with Gasteiger partial charge in [0.2, 0.25) is 15.8 Å². The SMILES string of the molecule is CCc1ccc(S(=O)(=O)N2CCN(c3ccc4nnc(-c5ccco5)n4n3)CC2)cc1. The van der Waals surface area contributed by atoms with E-state index in [0.717, 1.165) is 17.8 Å². The number of aromatic nitrogens is 4. The Morgan fingerprint density at radius 1 is 0.968 bits per heavy atom. The predicted molar refractivity (Wildman–Crippen MR) is 115 cm³/mol. The third-order valence-corrected chi connectivity index (χ3v) is 7.44. The number of piperazine rings is 1. The lowest BCUT2D eigenvalue weighted by molar-refractivity contribution is 0.383. The van der Waals surface area contributed by atoms with Crippen LogP contribution in [0.3, 0.4) is 0 Å². The topological polar surface area (TPSA) is 96.8 Å². The van der Waals surface area contributed by atoms with Gasteiger partial charge in [0.05, 0.1) is 11.2 Å². The zero-order chi connectivity index (χ0) is 21.4. The summed E-state index contributed by atoms with van der Waals surface area (Å²) in [6.45, 7) is 3.92. The second-order valence-electron chi connectivity index (χ2n) is 7.35. The average molecular weight is 439 g/mol. The average Bonchev–Trinajstić information content (AvgIpc) is 3.48. The zero-order valence-corrected chi connectivity index (χ0v) is 17.9. The van der Waals surface area contributed by atoms with Crippen molar-refractivity contribution in [2.45, 2.75) is 18.2 Å². The summed E-state index contributed by atoms with van der Waals surface area (Å²) in [5, 5.41) is 13.0. The molecule has 1 saturated heterocycles. The zero-order valence-electron chi connectivity index (χ0n) is 17.0. The standard InChI is InChI=1S/C21H22N6O3S/c1-2-16-5-7-17(8-6-16)31(28,29)26-13-11-25(12-14-26)20-10-9-19-22-23-21(27(19)24-20)18-4-3-15-30-18/h3-10,15H,2,11-14H2,1H3. The molecule has 3 aromatic heterocycles. The quantitative estimate of drug-likeness (QED) is 0.472. The van der Waals surface area contributed by atoms with Crippen LogP contribution in [0.25, 0.3) is 17.2 Å². The Hall–Kier alpha value is -3.24. The van der Waals surface area contributed by atoms with Gasteiger partial charge in [-0.1, -0.05) is 19.1 Å². The van der Waals surface area contributed by atoms with Gasteiger partial charge in [0.15, 0.2) is 11.4 Å². The van der Waals surface area contributed by atoms with E-state index < -0.39 is 10.0 Å². The van der Waals surface area contributed by atoms with Crippen molar-refractivity contribution >= 4 is 21.5 Å². The predicted octanol–water partition coefficient (Wildman–Crippen LogP) is 2.46. The normalized spacial score (nSPS) is 15.6. The van der Waals surface area contributed by atoms with E-state index in [2.05, 4.69) is 20.2 Å². The second kappa shape index (κ2) is 7.78. The molecule has 1 fully saturated rings. The van der Waals surface area contributed by atoms with E-state index >= 15 is 0 Å². The highest BCUT2D eigenvalue weighted by atomic mass is 32.2. The van der Waals surface area contributed by atoms with Gasteiger partial charge < -0.3 is 9.32 Å². The molecule has 0 aliphatic carbocycles. The lowest BCUT2D eigenvalue weighted by Crippen LogP contribution is -2.49. The van der Waals surface area contributed by atoms with Crippen LogP contribution in [0, 0.1) is 0 Å². The monoisotopic (exact) mass is 438 g/mol. The van der Waals surface area contributed by atoms with Gasteiger partial charge in [0.1, 0.15) is 5.82 Å². The number of anilines is 1. The van der Waals surface area contributed by atoms with Crippen LogP contribution in [-0.2, 0) is 16.4 Å². The minimum Gasteiger partial charge on any atom is -0.461 e. The molecule has 0 spiro atoms. The molecule has 0 radical (unpaired) electrons. The summed E-state index contributed by atoms with van der Waals surface area (Å²) in [4.78, 5) is 2.41. The maximum atomic E-state index is 13.0. The van der Waals surface area contributed by atoms with E-state index in [1.165, 1.54) is 4.31 Å². The highest BCUT2D eigenvalue weighted by Crippen LogP contribution is 2.23. The molecule has 4 aromatic rings. The van der Waals surface area contributed by atoms with Gasteiger partial charge in [0, 0.05) is 26.2 Å². The van der Waals surface area contributed by atoms with Gasteiger partial charge in [-0.15, -0.1) is 15.3 Å². The summed E-state index contributed by atoms with van der Waals surface area (Å²) < 4.78 is 34.6. The number of furan rings is 1. The van der Waals surface area contributed by atoms with Crippen LogP contribution in [0.1, 0.15) is 12.5 Å². The first-order valence-electron chi connectivity index (χ1n) is 10.2. The molecule has 0 saturated carbocycles. The molecule has 1 aliphatic heterocycles. The van der Waals surface area contributed by atoms with Gasteiger partial charge in [-0.05, 0) is 48.4 Å². The Kier molecular flexibility index (Phi) is 4.95. The summed E-state index contributed by atoms with van der Waals surface area (Å²) in [6.07, 6.45) is 2.46. The van der Waals surface area contributed by atoms with E-state index in [9.17, 15) is 8.42 Å². The number of hydrogen-bond donors (Lipinski definition) is 0. The van der Waals surface area contributed by atoms with Crippen LogP contribution in [0.15, 0.2) is 64.1 Å². The summed E-state index contributed by atoms with van der Waals surface area (Å²) >= 11 is 0. The molecule has 0 bridgehead atoms. The van der Waals surface area contributed by atoms with Crippen LogP contribution in [0.4, 0.5) is 5.82 Å². The van der Waals surface area contributed by atoms with Crippen LogP contribution in [0.5, 0.6) is 0 Å². The molecule has 0 unspecified atom stereocenters. The van der Waals surface area contributed by atoms with E-state index in [4.69, 9.17) is 4.42 Å². The van der Waals surface area contributed by atoms with Crippen molar-refractivity contribution in [3.8, 4) is 11.6 Å². The fraction of sp³-hybridized carbons (Fsp3) is 0.286. The minimum absolute atomic E-state index is 0.338. The molecular weight excluding hydrogens is 416 g/mol. The fourth-order valence-corrected chi connectivity index (χ4v) is 5.13. The molecule has 0 N–H and O–H groups in total. The molecular formula is C21H22N6O3S. The third kappa shape index (κ3) is 3.57. The van der Waals surface area contributed by atoms with Crippen molar-refractivity contribution < 1.29 is 12.8 Å². The smallest absolute Gasteiger partial charge is 0.243 e. The van der Waals surface area contributed by atoms with Crippen molar-refractivity contribution in [3.63, 3.8) is 0 Å². The highest BCUT2D eigenvalue weighted by molar-refractivity contribution is 7.89. The van der Waals surface area contributed by atoms with Crippen molar-refractivity contribution in [3.05, 3.63) is 60.4 Å². The number of hydrogen-bond acceptors (Lipinski definition) is 7. The molecule has 1 aliphatic rings. The fourth-order valence-electron chi connectivity index (χ4n) is 3.71. The van der Waals surface area contributed by atoms with Crippen molar-refractivity contribution in [2.24, 2.45) is 0 Å². The third-order valence-electron chi connectivity index (χ3n) is 5.52. The number of aryl methyl sites for hydroxylation is 1. The van der Waals surface area contributed by atoms with E-state index in [1.54, 1.807) is 29.0 Å². The van der Waals surface area contributed by atoms with E-state index in [0.29, 0.717) is 48.3 Å². The molecule has 0 atom stereocenters. The molecule has 31 heavy (non-hydrogen) atoms. The summed E-state index contributed by atoms with van der Waals surface area (Å²) in [5.41, 5.74) is 1.74. The van der Waals surface area contributed by atoms with Crippen molar-refractivity contribution in [1.29, 1.82) is 0 Å². The van der Waals surface area contributed by atoms with Crippen molar-refractivity contribution in [2.75, 3.05) is 31.1 Å². The molecule has 4 heterocycles. The molecule has 160 valence electrons. The molecule has 10 heteroatoms. The highest BCUT2D eigenvalue weighted by Gasteiger charge is 2.29. The van der Waals surface area contributed by atoms with E-state index in [-0.39, 0.29) is 0 Å². The van der Waals surface area contributed by atoms with Crippen LogP contribution in [-0.4, -0.2) is 58.7 Å². The van der Waals surface area contributed by atoms with Gasteiger partial charge in [-0.2, -0.15) is 8.82 Å². The summed E-state index contributed by atoms with van der Waals surface area (Å²) in [5.74, 6) is 1.85. The minimum atomic E-state index is -3.51. The maximum Gasteiger partial charge on any atom is 0.243 e. The molecule has 0 amide bonds. The number of sulfonamides is 1. The summed E-state index contributed by atoms with van der Waals surface area (Å²) in [7, 11) is -3.51. The Labute approximate surface area is 180 Å². The number of benzene rings is 1. The number of nitrogens with zero attached hydrogens (tertiary/aromatic N) is 6. The van der Waals surface area contributed by atoms with Gasteiger partial charge in [0.25, 0.3) is 0 Å². The second-order valence-corrected chi connectivity index (χ2v) is 9.29. The van der Waals surface area contributed by atoms with Crippen LogP contribution < -0.4 is 4.90 Å². The number of rotatable bonds is 5. The Bertz CT molecular complexity index is 1290. The van der Waals surface area contributed by atoms with Crippen molar-refractivity contribution in [1.82, 2.24) is 24.1 Å². The van der Waals surface area contributed by atoms with Crippen LogP contribution in [0.2, 0.25) is 0 Å². The number of fused-ring (bicyclic) bond motifs is 1. The Morgan fingerprint density at radius 3 is 2.42 bits per heavy atom. The largest absolute Gasteiger partial charge is 0.461 e.